The van der Waals surface area contributed by atoms with Crippen molar-refractivity contribution >= 4 is 33.2 Å². The smallest absolute Gasteiger partial charge is 0.243 e. The van der Waals surface area contributed by atoms with Crippen LogP contribution < -0.4 is 10.6 Å². The van der Waals surface area contributed by atoms with Crippen molar-refractivity contribution in [2.24, 2.45) is 0 Å². The van der Waals surface area contributed by atoms with E-state index in [1.54, 1.807) is 0 Å². The number of nitrogens with one attached hydrogen (secondary N) is 2. The molecule has 0 aromatic heterocycles. The van der Waals surface area contributed by atoms with Crippen molar-refractivity contribution < 1.29 is 18.0 Å². The van der Waals surface area contributed by atoms with E-state index in [1.807, 2.05) is 24.3 Å². The van der Waals surface area contributed by atoms with Crippen LogP contribution in [-0.2, 0) is 19.6 Å². The van der Waals surface area contributed by atoms with Crippen LogP contribution in [0.4, 0.5) is 11.4 Å². The summed E-state index contributed by atoms with van der Waals surface area (Å²) in [5, 5.41) is 5.40. The van der Waals surface area contributed by atoms with Crippen molar-refractivity contribution in [1.82, 2.24) is 4.31 Å². The standard InChI is InChI=1S/C21H27N3O4S/c1-5-15(2)19-8-6-7-9-20(19)23-21(26)14-24(4)29(27,28)18-12-10-17(11-13-18)22-16(3)25/h6-13,15H,5,14H2,1-4H3,(H,22,25)(H,23,26)/t15-/m1/s1. The first-order chi connectivity index (χ1) is 13.6. The van der Waals surface area contributed by atoms with Gasteiger partial charge in [-0.05, 0) is 48.2 Å². The van der Waals surface area contributed by atoms with E-state index in [-0.39, 0.29) is 23.3 Å². The van der Waals surface area contributed by atoms with Crippen molar-refractivity contribution in [1.29, 1.82) is 0 Å². The molecule has 29 heavy (non-hydrogen) atoms. The molecule has 0 heterocycles. The summed E-state index contributed by atoms with van der Waals surface area (Å²) < 4.78 is 26.5. The molecule has 2 aromatic carbocycles. The Hall–Kier alpha value is -2.71. The van der Waals surface area contributed by atoms with Crippen LogP contribution in [0.2, 0.25) is 0 Å². The quantitative estimate of drug-likeness (QED) is 0.688. The average Bonchev–Trinajstić information content (AvgIpc) is 2.67. The van der Waals surface area contributed by atoms with Gasteiger partial charge in [-0.25, -0.2) is 8.42 Å². The maximum absolute atomic E-state index is 12.7. The molecule has 2 amide bonds. The minimum Gasteiger partial charge on any atom is -0.326 e. The fourth-order valence-corrected chi connectivity index (χ4v) is 3.96. The number of benzene rings is 2. The number of anilines is 2. The Bertz CT molecular complexity index is 972. The van der Waals surface area contributed by atoms with E-state index in [2.05, 4.69) is 24.5 Å². The third kappa shape index (κ3) is 5.88. The Balaban J connectivity index is 2.10. The van der Waals surface area contributed by atoms with Gasteiger partial charge in [0.25, 0.3) is 0 Å². The monoisotopic (exact) mass is 417 g/mol. The number of sulfonamides is 1. The molecule has 0 aliphatic heterocycles. The van der Waals surface area contributed by atoms with Crippen molar-refractivity contribution in [3.05, 3.63) is 54.1 Å². The molecular weight excluding hydrogens is 390 g/mol. The zero-order chi connectivity index (χ0) is 21.6. The van der Waals surface area contributed by atoms with Crippen molar-refractivity contribution in [3.8, 4) is 0 Å². The lowest BCUT2D eigenvalue weighted by Gasteiger charge is -2.19. The molecule has 7 nitrogen and oxygen atoms in total. The van der Waals surface area contributed by atoms with Gasteiger partial charge >= 0.3 is 0 Å². The van der Waals surface area contributed by atoms with Gasteiger partial charge in [0.15, 0.2) is 0 Å². The molecule has 0 radical (unpaired) electrons. The fraction of sp³-hybridized carbons (Fsp3) is 0.333. The number of rotatable bonds is 8. The molecule has 2 aromatic rings. The molecule has 0 saturated heterocycles. The van der Waals surface area contributed by atoms with Gasteiger partial charge in [-0.1, -0.05) is 32.0 Å². The number of carbonyl (C=O) groups is 2. The minimum absolute atomic E-state index is 0.0434. The van der Waals surface area contributed by atoms with Gasteiger partial charge in [-0.2, -0.15) is 4.31 Å². The van der Waals surface area contributed by atoms with Gasteiger partial charge in [0.2, 0.25) is 21.8 Å². The molecule has 0 aliphatic rings. The maximum Gasteiger partial charge on any atom is 0.243 e. The largest absolute Gasteiger partial charge is 0.326 e. The number of amides is 2. The maximum atomic E-state index is 12.7. The third-order valence-corrected chi connectivity index (χ3v) is 6.44. The van der Waals surface area contributed by atoms with E-state index in [0.717, 1.165) is 16.3 Å². The van der Waals surface area contributed by atoms with Crippen LogP contribution in [0.15, 0.2) is 53.4 Å². The summed E-state index contributed by atoms with van der Waals surface area (Å²) in [7, 11) is -2.48. The normalized spacial score (nSPS) is 12.4. The second-order valence-electron chi connectivity index (χ2n) is 6.91. The Morgan fingerprint density at radius 1 is 1.03 bits per heavy atom. The first kappa shape index (κ1) is 22.6. The lowest BCUT2D eigenvalue weighted by molar-refractivity contribution is -0.116. The Morgan fingerprint density at radius 2 is 1.66 bits per heavy atom. The second-order valence-corrected chi connectivity index (χ2v) is 8.96. The van der Waals surface area contributed by atoms with Gasteiger partial charge < -0.3 is 10.6 Å². The Kier molecular flexibility index (Phi) is 7.53. The van der Waals surface area contributed by atoms with E-state index in [1.165, 1.54) is 38.2 Å². The van der Waals surface area contributed by atoms with E-state index >= 15 is 0 Å². The lowest BCUT2D eigenvalue weighted by atomic mass is 9.97. The SMILES string of the molecule is CC[C@@H](C)c1ccccc1NC(=O)CN(C)S(=O)(=O)c1ccc(NC(C)=O)cc1. The lowest BCUT2D eigenvalue weighted by Crippen LogP contribution is -2.35. The van der Waals surface area contributed by atoms with Gasteiger partial charge in [0.05, 0.1) is 11.4 Å². The van der Waals surface area contributed by atoms with Gasteiger partial charge in [-0.3, -0.25) is 9.59 Å². The van der Waals surface area contributed by atoms with Gasteiger partial charge in [0.1, 0.15) is 0 Å². The first-order valence-corrected chi connectivity index (χ1v) is 10.8. The highest BCUT2D eigenvalue weighted by molar-refractivity contribution is 7.89. The molecule has 156 valence electrons. The molecule has 0 bridgehead atoms. The topological polar surface area (TPSA) is 95.6 Å². The molecule has 0 saturated carbocycles. The number of hydrogen-bond acceptors (Lipinski definition) is 4. The van der Waals surface area contributed by atoms with E-state index in [9.17, 15) is 18.0 Å². The number of nitrogens with zero attached hydrogens (tertiary/aromatic N) is 1. The molecule has 2 rings (SSSR count). The average molecular weight is 418 g/mol. The van der Waals surface area contributed by atoms with Crippen LogP contribution in [0, 0.1) is 0 Å². The molecule has 0 aliphatic carbocycles. The van der Waals surface area contributed by atoms with Crippen LogP contribution >= 0.6 is 0 Å². The highest BCUT2D eigenvalue weighted by Gasteiger charge is 2.23. The second kappa shape index (κ2) is 9.67. The van der Waals surface area contributed by atoms with Crippen molar-refractivity contribution in [2.75, 3.05) is 24.2 Å². The molecule has 0 spiro atoms. The van der Waals surface area contributed by atoms with Gasteiger partial charge in [0, 0.05) is 25.3 Å². The predicted octanol–water partition coefficient (Wildman–Crippen LogP) is 3.42. The summed E-state index contributed by atoms with van der Waals surface area (Å²) in [6.07, 6.45) is 0.926. The summed E-state index contributed by atoms with van der Waals surface area (Å²) in [4.78, 5) is 23.6. The Morgan fingerprint density at radius 3 is 2.24 bits per heavy atom. The summed E-state index contributed by atoms with van der Waals surface area (Å²) >= 11 is 0. The van der Waals surface area contributed by atoms with E-state index < -0.39 is 15.9 Å². The molecule has 0 fully saturated rings. The zero-order valence-corrected chi connectivity index (χ0v) is 17.9. The number of likely N-dealkylation sites (N-methyl/N-ethyl adjacent to an activating group) is 1. The first-order valence-electron chi connectivity index (χ1n) is 9.38. The molecular formula is C21H27N3O4S. The van der Waals surface area contributed by atoms with E-state index in [4.69, 9.17) is 0 Å². The van der Waals surface area contributed by atoms with Crippen LogP contribution in [-0.4, -0.2) is 38.1 Å². The van der Waals surface area contributed by atoms with E-state index in [0.29, 0.717) is 11.4 Å². The summed E-state index contributed by atoms with van der Waals surface area (Å²) in [5.74, 6) is -0.385. The highest BCUT2D eigenvalue weighted by atomic mass is 32.2. The zero-order valence-electron chi connectivity index (χ0n) is 17.1. The van der Waals surface area contributed by atoms with Crippen molar-refractivity contribution in [3.63, 3.8) is 0 Å². The number of hydrogen-bond donors (Lipinski definition) is 2. The predicted molar refractivity (Wildman–Crippen MR) is 114 cm³/mol. The number of carbonyl (C=O) groups excluding carboxylic acids is 2. The molecule has 8 heteroatoms. The molecule has 2 N–H and O–H groups in total. The molecule has 1 atom stereocenters. The minimum atomic E-state index is -3.84. The number of para-hydroxylation sites is 1. The van der Waals surface area contributed by atoms with Crippen molar-refractivity contribution in [2.45, 2.75) is 38.0 Å². The summed E-state index contributed by atoms with van der Waals surface area (Å²) in [6.45, 7) is 5.20. The summed E-state index contributed by atoms with van der Waals surface area (Å²) in [5.41, 5.74) is 2.21. The highest BCUT2D eigenvalue weighted by Crippen LogP contribution is 2.26. The van der Waals surface area contributed by atoms with Gasteiger partial charge in [-0.15, -0.1) is 0 Å². The van der Waals surface area contributed by atoms with Crippen LogP contribution in [0.25, 0.3) is 0 Å². The summed E-state index contributed by atoms with van der Waals surface area (Å²) in [6, 6.07) is 13.3. The van der Waals surface area contributed by atoms with Crippen LogP contribution in [0.3, 0.4) is 0 Å². The fourth-order valence-electron chi connectivity index (χ4n) is 2.83. The Labute approximate surface area is 172 Å². The third-order valence-electron chi connectivity index (χ3n) is 4.63. The van der Waals surface area contributed by atoms with Crippen LogP contribution in [0.1, 0.15) is 38.7 Å². The molecule has 0 unspecified atom stereocenters. The van der Waals surface area contributed by atoms with Crippen LogP contribution in [0.5, 0.6) is 0 Å².